The van der Waals surface area contributed by atoms with Crippen LogP contribution in [0.5, 0.6) is 5.75 Å². The van der Waals surface area contributed by atoms with Gasteiger partial charge in [-0.3, -0.25) is 19.7 Å². The number of carbonyl (C=O) groups excluding carboxylic acids is 2. The van der Waals surface area contributed by atoms with Crippen molar-refractivity contribution in [1.82, 2.24) is 0 Å². The molecular formula is C16H7Cl2NO5. The van der Waals surface area contributed by atoms with E-state index < -0.39 is 22.2 Å². The third-order valence-corrected chi connectivity index (χ3v) is 4.13. The largest absolute Gasteiger partial charge is 0.505 e. The average molecular weight is 364 g/mol. The molecule has 120 valence electrons. The summed E-state index contributed by atoms with van der Waals surface area (Å²) in [5.74, 6) is -1.66. The molecule has 0 saturated heterocycles. The molecule has 0 aliphatic heterocycles. The molecule has 6 nitrogen and oxygen atoms in total. The molecule has 24 heavy (non-hydrogen) atoms. The third kappa shape index (κ3) is 2.46. The van der Waals surface area contributed by atoms with Gasteiger partial charge in [0.2, 0.25) is 5.78 Å². The number of hydrogen-bond acceptors (Lipinski definition) is 5. The van der Waals surface area contributed by atoms with Crippen LogP contribution in [0, 0.1) is 10.1 Å². The summed E-state index contributed by atoms with van der Waals surface area (Å²) >= 11 is 11.6. The van der Waals surface area contributed by atoms with Crippen LogP contribution in [-0.2, 0) is 0 Å². The second-order valence-electron chi connectivity index (χ2n) is 5.01. The SMILES string of the molecule is O=C1C(=Cc2cc(Cl)c(O)c(Cl)c2)C(=O)c2c1cccc2[N+](=O)[O-]. The zero-order valence-electron chi connectivity index (χ0n) is 11.7. The maximum absolute atomic E-state index is 12.5. The monoisotopic (exact) mass is 363 g/mol. The third-order valence-electron chi connectivity index (χ3n) is 3.55. The number of rotatable bonds is 2. The lowest BCUT2D eigenvalue weighted by Crippen LogP contribution is -2.02. The number of phenols is 1. The molecule has 2 aromatic rings. The zero-order valence-corrected chi connectivity index (χ0v) is 13.3. The lowest BCUT2D eigenvalue weighted by atomic mass is 10.1. The van der Waals surface area contributed by atoms with Gasteiger partial charge in [0.25, 0.3) is 5.69 Å². The van der Waals surface area contributed by atoms with Crippen molar-refractivity contribution in [1.29, 1.82) is 0 Å². The predicted octanol–water partition coefficient (Wildman–Crippen LogP) is 4.07. The van der Waals surface area contributed by atoms with Crippen molar-refractivity contribution in [2.24, 2.45) is 0 Å². The van der Waals surface area contributed by atoms with Crippen molar-refractivity contribution >= 4 is 46.5 Å². The van der Waals surface area contributed by atoms with Crippen molar-refractivity contribution in [2.45, 2.75) is 0 Å². The second-order valence-corrected chi connectivity index (χ2v) is 5.82. The highest BCUT2D eigenvalue weighted by molar-refractivity contribution is 6.42. The lowest BCUT2D eigenvalue weighted by molar-refractivity contribution is -0.385. The predicted molar refractivity (Wildman–Crippen MR) is 87.9 cm³/mol. The summed E-state index contributed by atoms with van der Waals surface area (Å²) in [5.41, 5.74) is -0.575. The van der Waals surface area contributed by atoms with E-state index in [1.54, 1.807) is 0 Å². The van der Waals surface area contributed by atoms with Crippen LogP contribution in [0.25, 0.3) is 6.08 Å². The number of hydrogen-bond donors (Lipinski definition) is 1. The van der Waals surface area contributed by atoms with Gasteiger partial charge in [0.15, 0.2) is 11.5 Å². The minimum atomic E-state index is -0.734. The molecule has 0 spiro atoms. The number of aromatic hydroxyl groups is 1. The maximum Gasteiger partial charge on any atom is 0.281 e. The maximum atomic E-state index is 12.5. The van der Waals surface area contributed by atoms with Gasteiger partial charge in [-0.05, 0) is 29.8 Å². The average Bonchev–Trinajstić information content (AvgIpc) is 2.77. The van der Waals surface area contributed by atoms with Crippen LogP contribution >= 0.6 is 23.2 Å². The van der Waals surface area contributed by atoms with Crippen LogP contribution in [0.3, 0.4) is 0 Å². The molecule has 0 radical (unpaired) electrons. The van der Waals surface area contributed by atoms with Crippen LogP contribution in [0.1, 0.15) is 26.3 Å². The number of halogens is 2. The summed E-state index contributed by atoms with van der Waals surface area (Å²) in [5, 5.41) is 20.5. The molecular weight excluding hydrogens is 357 g/mol. The zero-order chi connectivity index (χ0) is 17.6. The first kappa shape index (κ1) is 16.2. The first-order chi connectivity index (χ1) is 11.3. The molecule has 1 aliphatic rings. The topological polar surface area (TPSA) is 97.5 Å². The van der Waals surface area contributed by atoms with E-state index >= 15 is 0 Å². The molecule has 0 heterocycles. The van der Waals surface area contributed by atoms with E-state index in [9.17, 15) is 24.8 Å². The highest BCUT2D eigenvalue weighted by Gasteiger charge is 2.38. The quantitative estimate of drug-likeness (QED) is 0.375. The van der Waals surface area contributed by atoms with Crippen molar-refractivity contribution in [3.8, 4) is 5.75 Å². The molecule has 2 aromatic carbocycles. The molecule has 0 unspecified atom stereocenters. The van der Waals surface area contributed by atoms with Gasteiger partial charge in [-0.25, -0.2) is 0 Å². The molecule has 1 aliphatic carbocycles. The number of ketones is 2. The Kier molecular flexibility index (Phi) is 3.87. The Balaban J connectivity index is 2.15. The normalized spacial score (nSPS) is 15.0. The molecule has 0 atom stereocenters. The number of nitro groups is 1. The van der Waals surface area contributed by atoms with E-state index in [1.807, 2.05) is 0 Å². The lowest BCUT2D eigenvalue weighted by Gasteiger charge is -2.02. The summed E-state index contributed by atoms with van der Waals surface area (Å²) in [6, 6.07) is 6.53. The summed E-state index contributed by atoms with van der Waals surface area (Å²) in [4.78, 5) is 35.2. The smallest absolute Gasteiger partial charge is 0.281 e. The number of allylic oxidation sites excluding steroid dienone is 1. The summed E-state index contributed by atoms with van der Waals surface area (Å²) in [7, 11) is 0. The number of fused-ring (bicyclic) bond motifs is 1. The number of phenolic OH excluding ortho intramolecular Hbond substituents is 1. The highest BCUT2D eigenvalue weighted by Crippen LogP contribution is 2.36. The van der Waals surface area contributed by atoms with Gasteiger partial charge >= 0.3 is 0 Å². The van der Waals surface area contributed by atoms with E-state index in [1.165, 1.54) is 36.4 Å². The number of benzene rings is 2. The molecule has 1 N–H and O–H groups in total. The Labute approximate surface area is 145 Å². The Morgan fingerprint density at radius 3 is 2.29 bits per heavy atom. The Morgan fingerprint density at radius 1 is 1.08 bits per heavy atom. The first-order valence-corrected chi connectivity index (χ1v) is 7.33. The van der Waals surface area contributed by atoms with Crippen LogP contribution < -0.4 is 0 Å². The summed E-state index contributed by atoms with van der Waals surface area (Å²) < 4.78 is 0. The standard InChI is InChI=1S/C16H7Cl2NO5/c17-10-5-7(6-11(18)16(10)22)4-9-14(20)8-2-1-3-12(19(23)24)13(8)15(9)21/h1-6,22H. The molecule has 3 rings (SSSR count). The van der Waals surface area contributed by atoms with Gasteiger partial charge in [-0.2, -0.15) is 0 Å². The number of Topliss-reactive ketones (excluding diaryl/α,β-unsaturated/α-hetero) is 2. The van der Waals surface area contributed by atoms with E-state index in [0.717, 1.165) is 0 Å². The molecule has 0 saturated carbocycles. The van der Waals surface area contributed by atoms with Crippen LogP contribution in [0.4, 0.5) is 5.69 Å². The Bertz CT molecular complexity index is 942. The molecule has 8 heteroatoms. The fraction of sp³-hybridized carbons (Fsp3) is 0. The van der Waals surface area contributed by atoms with Crippen molar-refractivity contribution in [3.63, 3.8) is 0 Å². The fourth-order valence-corrected chi connectivity index (χ4v) is 2.97. The fourth-order valence-electron chi connectivity index (χ4n) is 2.47. The number of nitrogens with zero attached hydrogens (tertiary/aromatic N) is 1. The van der Waals surface area contributed by atoms with Crippen LogP contribution in [0.15, 0.2) is 35.9 Å². The Hall–Kier alpha value is -2.70. The molecule has 0 amide bonds. The van der Waals surface area contributed by atoms with Gasteiger partial charge < -0.3 is 5.11 Å². The molecule has 0 aromatic heterocycles. The molecule has 0 fully saturated rings. The first-order valence-electron chi connectivity index (χ1n) is 6.57. The second kappa shape index (κ2) is 5.74. The summed E-state index contributed by atoms with van der Waals surface area (Å²) in [6.45, 7) is 0. The van der Waals surface area contributed by atoms with Crippen molar-refractivity contribution < 1.29 is 19.6 Å². The van der Waals surface area contributed by atoms with E-state index in [0.29, 0.717) is 5.56 Å². The summed E-state index contributed by atoms with van der Waals surface area (Å²) in [6.07, 6.45) is 1.24. The van der Waals surface area contributed by atoms with E-state index in [4.69, 9.17) is 23.2 Å². The van der Waals surface area contributed by atoms with E-state index in [2.05, 4.69) is 0 Å². The minimum absolute atomic E-state index is 0.0172. The van der Waals surface area contributed by atoms with Gasteiger partial charge in [-0.1, -0.05) is 29.3 Å². The van der Waals surface area contributed by atoms with Gasteiger partial charge in [0, 0.05) is 11.6 Å². The van der Waals surface area contributed by atoms with Gasteiger partial charge in [0.05, 0.1) is 20.5 Å². The number of nitro benzene ring substituents is 1. The Morgan fingerprint density at radius 2 is 1.71 bits per heavy atom. The van der Waals surface area contributed by atoms with Crippen molar-refractivity contribution in [2.75, 3.05) is 0 Å². The van der Waals surface area contributed by atoms with Gasteiger partial charge in [0.1, 0.15) is 5.56 Å². The van der Waals surface area contributed by atoms with E-state index in [-0.39, 0.29) is 32.5 Å². The molecule has 0 bridgehead atoms. The van der Waals surface area contributed by atoms with Crippen molar-refractivity contribution in [3.05, 3.63) is 72.8 Å². The number of carbonyl (C=O) groups is 2. The van der Waals surface area contributed by atoms with Crippen LogP contribution in [0.2, 0.25) is 10.0 Å². The van der Waals surface area contributed by atoms with Crippen LogP contribution in [-0.4, -0.2) is 21.6 Å². The highest BCUT2D eigenvalue weighted by atomic mass is 35.5. The minimum Gasteiger partial charge on any atom is -0.505 e. The van der Waals surface area contributed by atoms with Gasteiger partial charge in [-0.15, -0.1) is 0 Å².